The highest BCUT2D eigenvalue weighted by Crippen LogP contribution is 2.18. The Bertz CT molecular complexity index is 695. The summed E-state index contributed by atoms with van der Waals surface area (Å²) in [4.78, 5) is 26.4. The molecule has 1 aromatic heterocycles. The van der Waals surface area contributed by atoms with Gasteiger partial charge in [0.15, 0.2) is 12.3 Å². The van der Waals surface area contributed by atoms with Crippen LogP contribution in [0.2, 0.25) is 0 Å². The molecule has 1 heterocycles. The molecular formula is C17H20N2O4S. The Labute approximate surface area is 144 Å². The minimum atomic E-state index is -1.04. The average Bonchev–Trinajstić information content (AvgIpc) is 3.02. The van der Waals surface area contributed by atoms with Gasteiger partial charge in [0.2, 0.25) is 0 Å². The zero-order valence-corrected chi connectivity index (χ0v) is 14.4. The maximum atomic E-state index is 11.7. The van der Waals surface area contributed by atoms with Crippen LogP contribution in [0.1, 0.15) is 40.8 Å². The minimum absolute atomic E-state index is 0.0366. The smallest absolute Gasteiger partial charge is 0.355 e. The number of carbonyl (C=O) groups is 2. The van der Waals surface area contributed by atoms with Crippen molar-refractivity contribution < 1.29 is 19.4 Å². The number of nitrogens with zero attached hydrogens (tertiary/aromatic N) is 1. The van der Waals surface area contributed by atoms with Gasteiger partial charge >= 0.3 is 5.97 Å². The van der Waals surface area contributed by atoms with Gasteiger partial charge in [-0.05, 0) is 23.6 Å². The van der Waals surface area contributed by atoms with Crippen molar-refractivity contribution in [1.29, 1.82) is 0 Å². The molecule has 0 saturated carbocycles. The van der Waals surface area contributed by atoms with Crippen LogP contribution in [-0.2, 0) is 11.2 Å². The summed E-state index contributed by atoms with van der Waals surface area (Å²) < 4.78 is 5.44. The quantitative estimate of drug-likeness (QED) is 0.766. The van der Waals surface area contributed by atoms with Crippen molar-refractivity contribution in [2.24, 2.45) is 0 Å². The molecule has 0 fully saturated rings. The van der Waals surface area contributed by atoms with Crippen molar-refractivity contribution in [3.05, 3.63) is 45.9 Å². The third-order valence-corrected chi connectivity index (χ3v) is 4.26. The third-order valence-electron chi connectivity index (χ3n) is 3.35. The number of rotatable bonds is 8. The SMILES string of the molecule is CC(C)c1ccc(OCC(=O)NCCc2nc(C(=O)O)cs2)cc1. The lowest BCUT2D eigenvalue weighted by Crippen LogP contribution is -2.30. The summed E-state index contributed by atoms with van der Waals surface area (Å²) in [6.07, 6.45) is 0.493. The molecule has 7 heteroatoms. The fourth-order valence-corrected chi connectivity index (χ4v) is 2.75. The molecule has 24 heavy (non-hydrogen) atoms. The van der Waals surface area contributed by atoms with Gasteiger partial charge in [0.1, 0.15) is 5.75 Å². The van der Waals surface area contributed by atoms with Crippen molar-refractivity contribution in [3.8, 4) is 5.75 Å². The van der Waals surface area contributed by atoms with Crippen molar-refractivity contribution in [2.75, 3.05) is 13.2 Å². The standard InChI is InChI=1S/C17H20N2O4S/c1-11(2)12-3-5-13(6-4-12)23-9-15(20)18-8-7-16-19-14(10-24-16)17(21)22/h3-6,10-11H,7-9H2,1-2H3,(H,18,20)(H,21,22). The minimum Gasteiger partial charge on any atom is -0.484 e. The van der Waals surface area contributed by atoms with Crippen LogP contribution in [0.25, 0.3) is 0 Å². The van der Waals surface area contributed by atoms with Crippen LogP contribution in [0.3, 0.4) is 0 Å². The number of ether oxygens (including phenoxy) is 1. The Kier molecular flexibility index (Phi) is 6.31. The Balaban J connectivity index is 1.70. The molecular weight excluding hydrogens is 328 g/mol. The lowest BCUT2D eigenvalue weighted by atomic mass is 10.0. The predicted molar refractivity (Wildman–Crippen MR) is 91.8 cm³/mol. The van der Waals surface area contributed by atoms with Gasteiger partial charge in [-0.15, -0.1) is 11.3 Å². The van der Waals surface area contributed by atoms with E-state index in [1.807, 2.05) is 24.3 Å². The zero-order valence-electron chi connectivity index (χ0n) is 13.6. The Morgan fingerprint density at radius 1 is 1.29 bits per heavy atom. The number of carbonyl (C=O) groups excluding carboxylic acids is 1. The van der Waals surface area contributed by atoms with Crippen LogP contribution < -0.4 is 10.1 Å². The molecule has 6 nitrogen and oxygen atoms in total. The van der Waals surface area contributed by atoms with E-state index >= 15 is 0 Å². The van der Waals surface area contributed by atoms with E-state index in [1.54, 1.807) is 0 Å². The van der Waals surface area contributed by atoms with Crippen molar-refractivity contribution >= 4 is 23.2 Å². The van der Waals surface area contributed by atoms with Gasteiger partial charge < -0.3 is 15.2 Å². The second kappa shape index (κ2) is 8.44. The number of carboxylic acid groups (broad SMARTS) is 1. The Morgan fingerprint density at radius 3 is 2.58 bits per heavy atom. The zero-order chi connectivity index (χ0) is 17.5. The Morgan fingerprint density at radius 2 is 2.00 bits per heavy atom. The van der Waals surface area contributed by atoms with E-state index < -0.39 is 5.97 Å². The third kappa shape index (κ3) is 5.34. The predicted octanol–water partition coefficient (Wildman–Crippen LogP) is 2.70. The summed E-state index contributed by atoms with van der Waals surface area (Å²) in [6, 6.07) is 7.68. The number of hydrogen-bond donors (Lipinski definition) is 2. The number of benzene rings is 1. The molecule has 0 radical (unpaired) electrons. The number of thiazole rings is 1. The molecule has 0 atom stereocenters. The second-order valence-corrected chi connectivity index (χ2v) is 6.49. The molecule has 0 unspecified atom stereocenters. The number of hydrogen-bond acceptors (Lipinski definition) is 5. The van der Waals surface area contributed by atoms with Crippen LogP contribution in [0.15, 0.2) is 29.6 Å². The van der Waals surface area contributed by atoms with Crippen molar-refractivity contribution in [1.82, 2.24) is 10.3 Å². The van der Waals surface area contributed by atoms with E-state index in [2.05, 4.69) is 24.1 Å². The van der Waals surface area contributed by atoms with Crippen molar-refractivity contribution in [2.45, 2.75) is 26.2 Å². The molecule has 0 aliphatic rings. The van der Waals surface area contributed by atoms with Gasteiger partial charge in [0.05, 0.1) is 5.01 Å². The van der Waals surface area contributed by atoms with Crippen molar-refractivity contribution in [3.63, 3.8) is 0 Å². The fourth-order valence-electron chi connectivity index (χ4n) is 1.98. The summed E-state index contributed by atoms with van der Waals surface area (Å²) >= 11 is 1.27. The first kappa shape index (κ1) is 17.9. The summed E-state index contributed by atoms with van der Waals surface area (Å²) in [6.45, 7) is 4.57. The van der Waals surface area contributed by atoms with Gasteiger partial charge in [0, 0.05) is 18.3 Å². The molecule has 1 amide bonds. The van der Waals surface area contributed by atoms with E-state index in [9.17, 15) is 9.59 Å². The van der Waals surface area contributed by atoms with Crippen LogP contribution in [0.4, 0.5) is 0 Å². The van der Waals surface area contributed by atoms with E-state index in [0.717, 1.165) is 0 Å². The van der Waals surface area contributed by atoms with Gasteiger partial charge in [-0.1, -0.05) is 26.0 Å². The number of amides is 1. The number of aromatic carboxylic acids is 1. The first-order valence-electron chi connectivity index (χ1n) is 7.63. The average molecular weight is 348 g/mol. The molecule has 0 aliphatic carbocycles. The maximum absolute atomic E-state index is 11.7. The molecule has 0 bridgehead atoms. The van der Waals surface area contributed by atoms with Gasteiger partial charge in [-0.3, -0.25) is 4.79 Å². The molecule has 2 rings (SSSR count). The Hall–Kier alpha value is -2.41. The second-order valence-electron chi connectivity index (χ2n) is 5.54. The van der Waals surface area contributed by atoms with E-state index in [-0.39, 0.29) is 18.2 Å². The summed E-state index contributed by atoms with van der Waals surface area (Å²) in [7, 11) is 0. The van der Waals surface area contributed by atoms with E-state index in [4.69, 9.17) is 9.84 Å². The molecule has 0 saturated heterocycles. The first-order chi connectivity index (χ1) is 11.5. The van der Waals surface area contributed by atoms with Crippen LogP contribution in [0.5, 0.6) is 5.75 Å². The highest BCUT2D eigenvalue weighted by atomic mass is 32.1. The fraction of sp³-hybridized carbons (Fsp3) is 0.353. The molecule has 128 valence electrons. The first-order valence-corrected chi connectivity index (χ1v) is 8.51. The normalized spacial score (nSPS) is 10.6. The molecule has 0 spiro atoms. The lowest BCUT2D eigenvalue weighted by Gasteiger charge is -2.09. The lowest BCUT2D eigenvalue weighted by molar-refractivity contribution is -0.123. The highest BCUT2D eigenvalue weighted by molar-refractivity contribution is 7.09. The number of carboxylic acids is 1. The largest absolute Gasteiger partial charge is 0.484 e. The van der Waals surface area contributed by atoms with Gasteiger partial charge in [0.25, 0.3) is 5.91 Å². The monoisotopic (exact) mass is 348 g/mol. The molecule has 1 aromatic carbocycles. The van der Waals surface area contributed by atoms with Gasteiger partial charge in [-0.2, -0.15) is 0 Å². The molecule has 2 N–H and O–H groups in total. The number of nitrogens with one attached hydrogen (secondary N) is 1. The molecule has 0 aliphatic heterocycles. The van der Waals surface area contributed by atoms with Crippen LogP contribution >= 0.6 is 11.3 Å². The summed E-state index contributed by atoms with van der Waals surface area (Å²) in [5, 5.41) is 13.7. The highest BCUT2D eigenvalue weighted by Gasteiger charge is 2.09. The van der Waals surface area contributed by atoms with Crippen LogP contribution in [0, 0.1) is 0 Å². The summed E-state index contributed by atoms with van der Waals surface area (Å²) in [5.74, 6) is -0.160. The van der Waals surface area contributed by atoms with Crippen LogP contribution in [-0.4, -0.2) is 35.1 Å². The molecule has 2 aromatic rings. The summed E-state index contributed by atoms with van der Waals surface area (Å²) in [5.41, 5.74) is 1.26. The van der Waals surface area contributed by atoms with E-state index in [0.29, 0.717) is 29.6 Å². The van der Waals surface area contributed by atoms with Gasteiger partial charge in [-0.25, -0.2) is 9.78 Å². The topological polar surface area (TPSA) is 88.5 Å². The number of aromatic nitrogens is 1. The maximum Gasteiger partial charge on any atom is 0.355 e. The van der Waals surface area contributed by atoms with E-state index in [1.165, 1.54) is 22.3 Å².